The third-order valence-electron chi connectivity index (χ3n) is 4.51. The molecule has 0 spiro atoms. The van der Waals surface area contributed by atoms with Crippen molar-refractivity contribution in [2.75, 3.05) is 0 Å². The lowest BCUT2D eigenvalue weighted by atomic mass is 9.63. The minimum absolute atomic E-state index is 0.0997. The van der Waals surface area contributed by atoms with Gasteiger partial charge in [-0.2, -0.15) is 0 Å². The van der Waals surface area contributed by atoms with E-state index in [2.05, 4.69) is 26.1 Å². The van der Waals surface area contributed by atoms with Crippen LogP contribution in [0.4, 0.5) is 4.79 Å². The molecular weight excluding hydrogens is 216 g/mol. The summed E-state index contributed by atoms with van der Waals surface area (Å²) < 4.78 is 0. The van der Waals surface area contributed by atoms with E-state index in [0.717, 1.165) is 25.7 Å². The van der Waals surface area contributed by atoms with Gasteiger partial charge in [0.1, 0.15) is 0 Å². The number of amides is 1. The van der Waals surface area contributed by atoms with Gasteiger partial charge in [-0.3, -0.25) is 0 Å². The van der Waals surface area contributed by atoms with Crippen LogP contribution in [0.1, 0.15) is 53.4 Å². The second-order valence-electron chi connectivity index (χ2n) is 6.49. The SMILES string of the molecule is CC(C)(C)C(C)(NC(=O)O)C1CCC(N)CC1. The summed E-state index contributed by atoms with van der Waals surface area (Å²) in [5.41, 5.74) is 5.42. The molecule has 1 fully saturated rings. The standard InChI is InChI=1S/C13H26N2O2/c1-12(2,3)13(4,15-11(16)17)9-5-7-10(14)8-6-9/h9-10,15H,5-8,14H2,1-4H3,(H,16,17). The highest BCUT2D eigenvalue weighted by Crippen LogP contribution is 2.42. The molecule has 4 nitrogen and oxygen atoms in total. The Hall–Kier alpha value is -0.770. The Labute approximate surface area is 104 Å². The Bertz CT molecular complexity index is 278. The lowest BCUT2D eigenvalue weighted by Gasteiger charge is -2.49. The number of nitrogens with two attached hydrogens (primary N) is 1. The van der Waals surface area contributed by atoms with Gasteiger partial charge in [0.05, 0.1) is 0 Å². The molecule has 1 unspecified atom stereocenters. The smallest absolute Gasteiger partial charge is 0.405 e. The molecule has 0 radical (unpaired) electrons. The summed E-state index contributed by atoms with van der Waals surface area (Å²) in [6.07, 6.45) is 3.08. The molecule has 4 heteroatoms. The van der Waals surface area contributed by atoms with Crippen LogP contribution in [0.25, 0.3) is 0 Å². The van der Waals surface area contributed by atoms with Crippen molar-refractivity contribution in [3.63, 3.8) is 0 Å². The van der Waals surface area contributed by atoms with Crippen molar-refractivity contribution in [3.8, 4) is 0 Å². The summed E-state index contributed by atoms with van der Waals surface area (Å²) in [4.78, 5) is 11.0. The Morgan fingerprint density at radius 3 is 2.00 bits per heavy atom. The molecule has 0 heterocycles. The maximum atomic E-state index is 11.0. The van der Waals surface area contributed by atoms with Crippen molar-refractivity contribution in [2.45, 2.75) is 65.0 Å². The largest absolute Gasteiger partial charge is 0.465 e. The lowest BCUT2D eigenvalue weighted by molar-refractivity contribution is 0.0579. The summed E-state index contributed by atoms with van der Waals surface area (Å²) in [7, 11) is 0. The summed E-state index contributed by atoms with van der Waals surface area (Å²) in [6.45, 7) is 8.31. The quantitative estimate of drug-likeness (QED) is 0.696. The monoisotopic (exact) mass is 242 g/mol. The molecule has 1 saturated carbocycles. The van der Waals surface area contributed by atoms with Crippen molar-refractivity contribution in [1.82, 2.24) is 5.32 Å². The Kier molecular flexibility index (Phi) is 4.07. The minimum atomic E-state index is -0.933. The third kappa shape index (κ3) is 3.12. The van der Waals surface area contributed by atoms with Gasteiger partial charge < -0.3 is 16.2 Å². The average molecular weight is 242 g/mol. The fourth-order valence-electron chi connectivity index (χ4n) is 2.82. The molecule has 0 bridgehead atoms. The number of nitrogens with one attached hydrogen (secondary N) is 1. The summed E-state index contributed by atoms with van der Waals surface area (Å²) in [5, 5.41) is 11.8. The van der Waals surface area contributed by atoms with Gasteiger partial charge in [0.2, 0.25) is 0 Å². The molecule has 4 N–H and O–H groups in total. The molecular formula is C13H26N2O2. The van der Waals surface area contributed by atoms with Gasteiger partial charge in [-0.05, 0) is 43.9 Å². The molecule has 1 aliphatic carbocycles. The van der Waals surface area contributed by atoms with E-state index in [0.29, 0.717) is 12.0 Å². The van der Waals surface area contributed by atoms with Crippen molar-refractivity contribution in [1.29, 1.82) is 0 Å². The van der Waals surface area contributed by atoms with Crippen LogP contribution in [0.5, 0.6) is 0 Å². The van der Waals surface area contributed by atoms with Gasteiger partial charge in [-0.1, -0.05) is 20.8 Å². The van der Waals surface area contributed by atoms with Crippen LogP contribution in [0.2, 0.25) is 0 Å². The zero-order valence-electron chi connectivity index (χ0n) is 11.4. The first-order valence-corrected chi connectivity index (χ1v) is 6.43. The second kappa shape index (κ2) is 4.84. The molecule has 1 aliphatic rings. The van der Waals surface area contributed by atoms with Crippen molar-refractivity contribution >= 4 is 6.09 Å². The Morgan fingerprint density at radius 2 is 1.65 bits per heavy atom. The lowest BCUT2D eigenvalue weighted by Crippen LogP contribution is -2.60. The molecule has 0 aromatic carbocycles. The van der Waals surface area contributed by atoms with Gasteiger partial charge in [-0.15, -0.1) is 0 Å². The van der Waals surface area contributed by atoms with Crippen LogP contribution in [-0.4, -0.2) is 22.8 Å². The highest BCUT2D eigenvalue weighted by molar-refractivity contribution is 5.65. The molecule has 1 rings (SSSR count). The number of hydrogen-bond donors (Lipinski definition) is 3. The second-order valence-corrected chi connectivity index (χ2v) is 6.49. The molecule has 0 aliphatic heterocycles. The van der Waals surface area contributed by atoms with Crippen LogP contribution < -0.4 is 11.1 Å². The average Bonchev–Trinajstić information content (AvgIpc) is 2.15. The molecule has 0 aromatic heterocycles. The van der Waals surface area contributed by atoms with Gasteiger partial charge in [0.15, 0.2) is 0 Å². The van der Waals surface area contributed by atoms with Crippen molar-refractivity contribution < 1.29 is 9.90 Å². The van der Waals surface area contributed by atoms with E-state index in [9.17, 15) is 4.79 Å². The van der Waals surface area contributed by atoms with E-state index in [1.807, 2.05) is 6.92 Å². The molecule has 17 heavy (non-hydrogen) atoms. The zero-order valence-corrected chi connectivity index (χ0v) is 11.4. The summed E-state index contributed by atoms with van der Waals surface area (Å²) >= 11 is 0. The Morgan fingerprint density at radius 1 is 1.18 bits per heavy atom. The maximum absolute atomic E-state index is 11.0. The first-order valence-electron chi connectivity index (χ1n) is 6.43. The highest BCUT2D eigenvalue weighted by Gasteiger charge is 2.45. The number of hydrogen-bond acceptors (Lipinski definition) is 2. The van der Waals surface area contributed by atoms with Gasteiger partial charge in [0.25, 0.3) is 0 Å². The van der Waals surface area contributed by atoms with Gasteiger partial charge >= 0.3 is 6.09 Å². The molecule has 1 amide bonds. The summed E-state index contributed by atoms with van der Waals surface area (Å²) in [5.74, 6) is 0.374. The minimum Gasteiger partial charge on any atom is -0.465 e. The van der Waals surface area contributed by atoms with Crippen LogP contribution in [0, 0.1) is 11.3 Å². The predicted octanol–water partition coefficient (Wildman–Crippen LogP) is 2.58. The third-order valence-corrected chi connectivity index (χ3v) is 4.51. The fraction of sp³-hybridized carbons (Fsp3) is 0.923. The molecule has 0 saturated heterocycles. The van der Waals surface area contributed by atoms with Gasteiger partial charge in [-0.25, -0.2) is 4.79 Å². The van der Waals surface area contributed by atoms with Crippen molar-refractivity contribution in [2.24, 2.45) is 17.1 Å². The van der Waals surface area contributed by atoms with E-state index in [4.69, 9.17) is 10.8 Å². The van der Waals surface area contributed by atoms with E-state index in [-0.39, 0.29) is 11.0 Å². The zero-order chi connectivity index (χ0) is 13.3. The Balaban J connectivity index is 2.87. The predicted molar refractivity (Wildman–Crippen MR) is 69.0 cm³/mol. The number of rotatable bonds is 2. The molecule has 0 aromatic rings. The first kappa shape index (κ1) is 14.3. The summed E-state index contributed by atoms with van der Waals surface area (Å²) in [6, 6.07) is 0.292. The van der Waals surface area contributed by atoms with Crippen molar-refractivity contribution in [3.05, 3.63) is 0 Å². The fourth-order valence-corrected chi connectivity index (χ4v) is 2.82. The number of carboxylic acid groups (broad SMARTS) is 1. The normalized spacial score (nSPS) is 29.5. The van der Waals surface area contributed by atoms with Gasteiger partial charge in [0, 0.05) is 11.6 Å². The topological polar surface area (TPSA) is 75.3 Å². The van der Waals surface area contributed by atoms with Crippen LogP contribution in [0.3, 0.4) is 0 Å². The van der Waals surface area contributed by atoms with E-state index in [1.165, 1.54) is 0 Å². The van der Waals surface area contributed by atoms with E-state index < -0.39 is 6.09 Å². The van der Waals surface area contributed by atoms with Crippen LogP contribution in [0.15, 0.2) is 0 Å². The van der Waals surface area contributed by atoms with E-state index in [1.54, 1.807) is 0 Å². The van der Waals surface area contributed by atoms with Crippen LogP contribution in [-0.2, 0) is 0 Å². The number of carbonyl (C=O) groups is 1. The highest BCUT2D eigenvalue weighted by atomic mass is 16.4. The van der Waals surface area contributed by atoms with E-state index >= 15 is 0 Å². The molecule has 1 atom stereocenters. The maximum Gasteiger partial charge on any atom is 0.405 e. The first-order chi connectivity index (χ1) is 7.67. The molecule has 100 valence electrons. The van der Waals surface area contributed by atoms with Crippen LogP contribution >= 0.6 is 0 Å².